The largest absolute Gasteiger partial charge is 0.465 e. The van der Waals surface area contributed by atoms with Crippen LogP contribution in [0, 0.1) is 18.6 Å². The topological polar surface area (TPSA) is 38.3 Å². The molecular formula is C16H15F2NO2. The van der Waals surface area contributed by atoms with Crippen molar-refractivity contribution in [1.82, 2.24) is 0 Å². The molecule has 110 valence electrons. The van der Waals surface area contributed by atoms with Crippen molar-refractivity contribution in [2.24, 2.45) is 0 Å². The van der Waals surface area contributed by atoms with Crippen LogP contribution in [0.3, 0.4) is 0 Å². The summed E-state index contributed by atoms with van der Waals surface area (Å²) in [6, 6.07) is 8.59. The zero-order valence-corrected chi connectivity index (χ0v) is 11.7. The van der Waals surface area contributed by atoms with E-state index in [0.29, 0.717) is 12.2 Å². The van der Waals surface area contributed by atoms with Gasteiger partial charge in [0.25, 0.3) is 0 Å². The first-order valence-corrected chi connectivity index (χ1v) is 6.38. The minimum Gasteiger partial charge on any atom is -0.465 e. The van der Waals surface area contributed by atoms with E-state index in [4.69, 9.17) is 0 Å². The summed E-state index contributed by atoms with van der Waals surface area (Å²) in [6.07, 6.45) is 0. The van der Waals surface area contributed by atoms with Gasteiger partial charge in [-0.25, -0.2) is 13.6 Å². The third-order valence-electron chi connectivity index (χ3n) is 3.17. The summed E-state index contributed by atoms with van der Waals surface area (Å²) in [4.78, 5) is 11.4. The summed E-state index contributed by atoms with van der Waals surface area (Å²) in [6.45, 7) is 2.25. The van der Waals surface area contributed by atoms with Crippen LogP contribution in [0.2, 0.25) is 0 Å². The second-order valence-corrected chi connectivity index (χ2v) is 4.61. The predicted octanol–water partition coefficient (Wildman–Crippen LogP) is 3.67. The van der Waals surface area contributed by atoms with Crippen LogP contribution < -0.4 is 5.32 Å². The number of esters is 1. The first-order valence-electron chi connectivity index (χ1n) is 6.38. The number of ether oxygens (including phenoxy) is 1. The van der Waals surface area contributed by atoms with Gasteiger partial charge >= 0.3 is 5.97 Å². The van der Waals surface area contributed by atoms with Crippen molar-refractivity contribution in [3.63, 3.8) is 0 Å². The van der Waals surface area contributed by atoms with Crippen LogP contribution >= 0.6 is 0 Å². The van der Waals surface area contributed by atoms with E-state index in [9.17, 15) is 13.6 Å². The molecule has 0 unspecified atom stereocenters. The fourth-order valence-electron chi connectivity index (χ4n) is 1.93. The van der Waals surface area contributed by atoms with Gasteiger partial charge in [-0.05, 0) is 48.4 Å². The fraction of sp³-hybridized carbons (Fsp3) is 0.188. The van der Waals surface area contributed by atoms with Gasteiger partial charge in [0.2, 0.25) is 0 Å². The predicted molar refractivity (Wildman–Crippen MR) is 76.2 cm³/mol. The molecule has 0 aliphatic carbocycles. The highest BCUT2D eigenvalue weighted by Gasteiger charge is 2.12. The van der Waals surface area contributed by atoms with Crippen molar-refractivity contribution >= 4 is 11.7 Å². The molecule has 0 aliphatic heterocycles. The average Bonchev–Trinajstić information content (AvgIpc) is 2.48. The van der Waals surface area contributed by atoms with Crippen molar-refractivity contribution < 1.29 is 18.3 Å². The number of rotatable bonds is 4. The number of aryl methyl sites for hydroxylation is 1. The molecule has 21 heavy (non-hydrogen) atoms. The van der Waals surface area contributed by atoms with E-state index in [1.807, 2.05) is 6.92 Å². The van der Waals surface area contributed by atoms with Crippen LogP contribution in [0.1, 0.15) is 21.5 Å². The van der Waals surface area contributed by atoms with Gasteiger partial charge in [0.15, 0.2) is 0 Å². The summed E-state index contributed by atoms with van der Waals surface area (Å²) in [5, 5.41) is 3.03. The molecule has 1 N–H and O–H groups in total. The van der Waals surface area contributed by atoms with Gasteiger partial charge in [0, 0.05) is 12.2 Å². The van der Waals surface area contributed by atoms with Crippen LogP contribution in [0.15, 0.2) is 36.4 Å². The normalized spacial score (nSPS) is 10.3. The molecule has 2 aromatic rings. The second kappa shape index (κ2) is 6.35. The van der Waals surface area contributed by atoms with E-state index < -0.39 is 11.8 Å². The molecule has 0 fully saturated rings. The Morgan fingerprint density at radius 3 is 2.67 bits per heavy atom. The Hall–Kier alpha value is -2.43. The SMILES string of the molecule is COC(=O)c1cc(NCc2cc(F)ccc2C)ccc1F. The molecule has 0 aliphatic rings. The molecule has 3 nitrogen and oxygen atoms in total. The maximum atomic E-state index is 13.5. The number of nitrogens with one attached hydrogen (secondary N) is 1. The zero-order chi connectivity index (χ0) is 15.4. The molecule has 0 saturated heterocycles. The molecule has 0 bridgehead atoms. The van der Waals surface area contributed by atoms with Crippen LogP contribution in [-0.4, -0.2) is 13.1 Å². The third kappa shape index (κ3) is 3.56. The van der Waals surface area contributed by atoms with E-state index in [1.165, 1.54) is 37.4 Å². The highest BCUT2D eigenvalue weighted by Crippen LogP contribution is 2.18. The number of carbonyl (C=O) groups excluding carboxylic acids is 1. The summed E-state index contributed by atoms with van der Waals surface area (Å²) < 4.78 is 31.2. The zero-order valence-electron chi connectivity index (χ0n) is 11.7. The van der Waals surface area contributed by atoms with E-state index in [2.05, 4.69) is 10.1 Å². The van der Waals surface area contributed by atoms with Gasteiger partial charge in [-0.2, -0.15) is 0 Å². The maximum absolute atomic E-state index is 13.5. The van der Waals surface area contributed by atoms with Crippen molar-refractivity contribution in [3.05, 3.63) is 64.7 Å². The van der Waals surface area contributed by atoms with Crippen molar-refractivity contribution in [2.45, 2.75) is 13.5 Å². The van der Waals surface area contributed by atoms with E-state index in [-0.39, 0.29) is 11.4 Å². The molecule has 0 amide bonds. The monoisotopic (exact) mass is 291 g/mol. The lowest BCUT2D eigenvalue weighted by molar-refractivity contribution is 0.0595. The van der Waals surface area contributed by atoms with Crippen LogP contribution in [0.4, 0.5) is 14.5 Å². The first kappa shape index (κ1) is 15.0. The summed E-state index contributed by atoms with van der Waals surface area (Å²) in [5.74, 6) is -1.70. The number of halogens is 2. The van der Waals surface area contributed by atoms with E-state index >= 15 is 0 Å². The Morgan fingerprint density at radius 2 is 1.95 bits per heavy atom. The van der Waals surface area contributed by atoms with Gasteiger partial charge < -0.3 is 10.1 Å². The standard InChI is InChI=1S/C16H15F2NO2/c1-10-3-4-12(17)7-11(10)9-19-13-5-6-15(18)14(8-13)16(20)21-2/h3-8,19H,9H2,1-2H3. The number of hydrogen-bond acceptors (Lipinski definition) is 3. The van der Waals surface area contributed by atoms with Gasteiger partial charge in [-0.15, -0.1) is 0 Å². The number of anilines is 1. The lowest BCUT2D eigenvalue weighted by Gasteiger charge is -2.10. The number of carbonyl (C=O) groups is 1. The fourth-order valence-corrected chi connectivity index (χ4v) is 1.93. The van der Waals surface area contributed by atoms with Crippen molar-refractivity contribution in [1.29, 1.82) is 0 Å². The second-order valence-electron chi connectivity index (χ2n) is 4.61. The maximum Gasteiger partial charge on any atom is 0.340 e. The molecule has 0 heterocycles. The van der Waals surface area contributed by atoms with Gasteiger partial charge in [0.1, 0.15) is 11.6 Å². The highest BCUT2D eigenvalue weighted by molar-refractivity contribution is 5.90. The first-order chi connectivity index (χ1) is 10.0. The van der Waals surface area contributed by atoms with Crippen LogP contribution in [0.25, 0.3) is 0 Å². The molecule has 0 radical (unpaired) electrons. The molecule has 0 spiro atoms. The number of hydrogen-bond donors (Lipinski definition) is 1. The Balaban J connectivity index is 2.17. The van der Waals surface area contributed by atoms with Crippen molar-refractivity contribution in [3.8, 4) is 0 Å². The lowest BCUT2D eigenvalue weighted by atomic mass is 10.1. The van der Waals surface area contributed by atoms with E-state index in [1.54, 1.807) is 6.07 Å². The van der Waals surface area contributed by atoms with Crippen molar-refractivity contribution in [2.75, 3.05) is 12.4 Å². The molecule has 2 aromatic carbocycles. The van der Waals surface area contributed by atoms with Gasteiger partial charge in [-0.1, -0.05) is 6.07 Å². The van der Waals surface area contributed by atoms with Gasteiger partial charge in [-0.3, -0.25) is 0 Å². The van der Waals surface area contributed by atoms with Gasteiger partial charge in [0.05, 0.1) is 12.7 Å². The van der Waals surface area contributed by atoms with Crippen LogP contribution in [0.5, 0.6) is 0 Å². The Bertz CT molecular complexity index is 671. The smallest absolute Gasteiger partial charge is 0.340 e. The van der Waals surface area contributed by atoms with E-state index in [0.717, 1.165) is 11.1 Å². The van der Waals surface area contributed by atoms with Crippen LogP contribution in [-0.2, 0) is 11.3 Å². The minimum absolute atomic E-state index is 0.140. The lowest BCUT2D eigenvalue weighted by Crippen LogP contribution is -2.07. The Morgan fingerprint density at radius 1 is 1.19 bits per heavy atom. The summed E-state index contributed by atoms with van der Waals surface area (Å²) >= 11 is 0. The molecule has 5 heteroatoms. The number of benzene rings is 2. The molecule has 2 rings (SSSR count). The minimum atomic E-state index is -0.738. The quantitative estimate of drug-likeness (QED) is 0.873. The molecular weight excluding hydrogens is 276 g/mol. The summed E-state index contributed by atoms with van der Waals surface area (Å²) in [7, 11) is 1.19. The average molecular weight is 291 g/mol. The molecule has 0 saturated carbocycles. The number of methoxy groups -OCH3 is 1. The Kier molecular flexibility index (Phi) is 4.52. The Labute approximate surface area is 121 Å². The third-order valence-corrected chi connectivity index (χ3v) is 3.17. The summed E-state index contributed by atoms with van der Waals surface area (Å²) in [5.41, 5.74) is 2.15. The molecule has 0 atom stereocenters. The highest BCUT2D eigenvalue weighted by atomic mass is 19.1. The molecule has 0 aromatic heterocycles.